The van der Waals surface area contributed by atoms with Crippen molar-refractivity contribution in [3.05, 3.63) is 209 Å². The summed E-state index contributed by atoms with van der Waals surface area (Å²) in [6, 6.07) is 47.3. The van der Waals surface area contributed by atoms with E-state index < -0.39 is 0 Å². The lowest BCUT2D eigenvalue weighted by molar-refractivity contribution is 1.07. The van der Waals surface area contributed by atoms with E-state index in [1.54, 1.807) is 92.4 Å². The number of nitrogens with one attached hydrogen (secondary N) is 2. The molecule has 0 spiro atoms. The molecule has 466 valence electrons. The summed E-state index contributed by atoms with van der Waals surface area (Å²) in [5.41, 5.74) is 11.3. The summed E-state index contributed by atoms with van der Waals surface area (Å²) >= 11 is 38.0. The Labute approximate surface area is 598 Å². The Bertz CT molecular complexity index is 5300. The molecule has 17 rings (SSSR count). The SMILES string of the molecule is Clc1ccc(CSc2nc3c(nc2-c2cccs2)-c2nc-3nc3[nH]c(nc4nc(nc5[nH]c(n2)c2nc(SCc6ccc(Cl)cc6)c(-c6cccs6)nc52)-c2nc(SCc5ccc(Cl)cc5)c(-c5cccs5)nc2-4)c2nc(SCc4ccc(Cl)cc4)c(-c4cccs4)nc32)cc1. The number of nitrogens with zero attached hydrogens (tertiary/aromatic N) is 14. The van der Waals surface area contributed by atoms with Crippen LogP contribution in [0.5, 0.6) is 0 Å². The molecule has 28 heteroatoms. The van der Waals surface area contributed by atoms with Crippen LogP contribution < -0.4 is 0 Å². The van der Waals surface area contributed by atoms with E-state index in [0.29, 0.717) is 153 Å². The molecular weight excluding hydrogens is 1440 g/mol. The van der Waals surface area contributed by atoms with Crippen molar-refractivity contribution in [2.75, 3.05) is 0 Å². The molecule has 0 amide bonds. The van der Waals surface area contributed by atoms with Gasteiger partial charge < -0.3 is 9.97 Å². The number of hydrogen-bond acceptors (Lipinski definition) is 22. The van der Waals surface area contributed by atoms with E-state index >= 15 is 0 Å². The molecule has 4 aromatic carbocycles. The van der Waals surface area contributed by atoms with Crippen molar-refractivity contribution in [1.29, 1.82) is 0 Å². The zero-order chi connectivity index (χ0) is 64.4. The van der Waals surface area contributed by atoms with Crippen LogP contribution >= 0.6 is 139 Å². The first kappa shape index (κ1) is 61.5. The fourth-order valence-electron chi connectivity index (χ4n) is 10.5. The molecule has 0 radical (unpaired) electrons. The van der Waals surface area contributed by atoms with Gasteiger partial charge in [0, 0.05) is 43.1 Å². The van der Waals surface area contributed by atoms with Crippen molar-refractivity contribution in [2.45, 2.75) is 43.1 Å². The van der Waals surface area contributed by atoms with Gasteiger partial charge >= 0.3 is 0 Å². The van der Waals surface area contributed by atoms with Crippen molar-refractivity contribution >= 4 is 183 Å². The van der Waals surface area contributed by atoms with Crippen LogP contribution in [0.4, 0.5) is 0 Å². The molecule has 11 aromatic heterocycles. The molecular formula is C68H38Cl4N16S8. The van der Waals surface area contributed by atoms with E-state index in [2.05, 4.69) is 9.97 Å². The van der Waals surface area contributed by atoms with Gasteiger partial charge in [-0.15, -0.1) is 45.3 Å². The highest BCUT2D eigenvalue weighted by molar-refractivity contribution is 7.99. The number of hydrogen-bond donors (Lipinski definition) is 2. The minimum atomic E-state index is 0.213. The van der Waals surface area contributed by atoms with Crippen molar-refractivity contribution in [1.82, 2.24) is 79.7 Å². The fourth-order valence-corrected chi connectivity index (χ4v) is 17.9. The first-order valence-corrected chi connectivity index (χ1v) is 38.2. The molecule has 15 aromatic rings. The van der Waals surface area contributed by atoms with Crippen molar-refractivity contribution < 1.29 is 0 Å². The molecule has 13 heterocycles. The van der Waals surface area contributed by atoms with Gasteiger partial charge in [0.15, 0.2) is 45.9 Å². The lowest BCUT2D eigenvalue weighted by Crippen LogP contribution is -1.97. The summed E-state index contributed by atoms with van der Waals surface area (Å²) in [5.74, 6) is 3.13. The first-order valence-electron chi connectivity index (χ1n) is 29.3. The van der Waals surface area contributed by atoms with Crippen LogP contribution in [0, 0.1) is 0 Å². The fraction of sp³-hybridized carbons (Fsp3) is 0.0588. The van der Waals surface area contributed by atoms with Gasteiger partial charge in [0.2, 0.25) is 0 Å². The number of rotatable bonds is 16. The number of aromatic nitrogens is 16. The second kappa shape index (κ2) is 26.4. The number of halogens is 4. The number of thioether (sulfide) groups is 4. The maximum Gasteiger partial charge on any atom is 0.184 e. The Balaban J connectivity index is 0.961. The van der Waals surface area contributed by atoms with Gasteiger partial charge in [0.1, 0.15) is 87.7 Å². The Morgan fingerprint density at radius 2 is 0.510 bits per heavy atom. The minimum absolute atomic E-state index is 0.213. The van der Waals surface area contributed by atoms with Gasteiger partial charge in [-0.3, -0.25) is 0 Å². The summed E-state index contributed by atoms with van der Waals surface area (Å²) in [7, 11) is 0. The van der Waals surface area contributed by atoms with E-state index in [1.807, 2.05) is 167 Å². The molecule has 2 N–H and O–H groups in total. The van der Waals surface area contributed by atoms with Crippen LogP contribution in [0.2, 0.25) is 20.1 Å². The Hall–Kier alpha value is -8.08. The average Bonchev–Trinajstić information content (AvgIpc) is 1.59. The molecule has 16 nitrogen and oxygen atoms in total. The molecule has 0 aliphatic carbocycles. The van der Waals surface area contributed by atoms with Crippen molar-refractivity contribution in [3.63, 3.8) is 0 Å². The summed E-state index contributed by atoms with van der Waals surface area (Å²) in [5, 5.41) is 13.4. The molecule has 0 fully saturated rings. The van der Waals surface area contributed by atoms with Gasteiger partial charge in [-0.1, -0.05) is 166 Å². The van der Waals surface area contributed by atoms with E-state index in [4.69, 9.17) is 116 Å². The zero-order valence-electron chi connectivity index (χ0n) is 49.0. The Morgan fingerprint density at radius 3 is 0.781 bits per heavy atom. The lowest BCUT2D eigenvalue weighted by Gasteiger charge is -2.09. The molecule has 8 bridgehead atoms. The third-order valence-corrected chi connectivity index (χ3v) is 23.8. The number of thiophene rings is 4. The normalized spacial score (nSPS) is 11.9. The topological polar surface area (TPSA) is 212 Å². The van der Waals surface area contributed by atoms with Crippen LogP contribution in [0.15, 0.2) is 187 Å². The van der Waals surface area contributed by atoms with E-state index in [9.17, 15) is 0 Å². The van der Waals surface area contributed by atoms with Gasteiger partial charge in [-0.25, -0.2) is 69.8 Å². The second-order valence-corrected chi connectivity index (χ2v) is 30.9. The van der Waals surface area contributed by atoms with Gasteiger partial charge in [-0.05, 0) is 117 Å². The van der Waals surface area contributed by atoms with Crippen LogP contribution in [0.25, 0.3) is 133 Å². The molecule has 0 saturated heterocycles. The highest BCUT2D eigenvalue weighted by Gasteiger charge is 2.31. The predicted molar refractivity (Wildman–Crippen MR) is 396 cm³/mol. The zero-order valence-corrected chi connectivity index (χ0v) is 58.6. The summed E-state index contributed by atoms with van der Waals surface area (Å²) in [4.78, 5) is 87.1. The molecule has 0 saturated carbocycles. The predicted octanol–water partition coefficient (Wildman–Crippen LogP) is 20.7. The highest BCUT2D eigenvalue weighted by atomic mass is 35.5. The average molecular weight is 1480 g/mol. The van der Waals surface area contributed by atoms with Crippen molar-refractivity contribution in [3.8, 4) is 88.4 Å². The van der Waals surface area contributed by atoms with Gasteiger partial charge in [0.05, 0.1) is 19.5 Å². The van der Waals surface area contributed by atoms with Gasteiger partial charge in [0.25, 0.3) is 0 Å². The summed E-state index contributed by atoms with van der Waals surface area (Å²) in [6.07, 6.45) is 0. The van der Waals surface area contributed by atoms with Crippen LogP contribution in [0.3, 0.4) is 0 Å². The van der Waals surface area contributed by atoms with Gasteiger partial charge in [-0.2, -0.15) is 0 Å². The van der Waals surface area contributed by atoms with E-state index in [0.717, 1.165) is 41.8 Å². The molecule has 0 unspecified atom stereocenters. The number of benzene rings is 4. The second-order valence-electron chi connectivity index (χ2n) is 21.5. The largest absolute Gasteiger partial charge is 0.321 e. The van der Waals surface area contributed by atoms with Crippen molar-refractivity contribution in [2.24, 2.45) is 0 Å². The Kier molecular flexibility index (Phi) is 16.9. The maximum absolute atomic E-state index is 6.38. The van der Waals surface area contributed by atoms with E-state index in [-0.39, 0.29) is 23.3 Å². The smallest absolute Gasteiger partial charge is 0.184 e. The molecule has 2 aliphatic heterocycles. The Morgan fingerprint density at radius 1 is 0.260 bits per heavy atom. The molecule has 96 heavy (non-hydrogen) atoms. The first-order chi connectivity index (χ1) is 47.1. The summed E-state index contributed by atoms with van der Waals surface area (Å²) < 4.78 is 0. The maximum atomic E-state index is 6.38. The third-order valence-electron chi connectivity index (χ3n) is 15.1. The number of aromatic amines is 2. The quantitative estimate of drug-likeness (QED) is 0.0861. The monoisotopic (exact) mass is 1470 g/mol. The standard InChI is InChI=1S/C68H38Cl4N16S8/c69-37-17-9-33(10-18-37)29-93-65-45(41-5-1-25-89-41)73-49-53(77-65)61-81-57(49)85-62-54-50(74-46(42-6-2-26-90-42)66(78-54)94-30-34-11-19-38(70)20-12-34)59(82-62)87-64-56-52(76-48(44-8-4-28-92-44)68(80-56)96-32-36-15-23-40(72)24-16-36)60(84-64)88-63-55-51(58(83-63)86-61)75-47(43-7-3-27-91-43)67(79-55)95-31-35-13-21-39(71)22-14-35/h1-28H,29-32H2,(H2,81,82,83,84,85,86,87,88). The summed E-state index contributed by atoms with van der Waals surface area (Å²) in [6.45, 7) is 0. The molecule has 0 atom stereocenters. The van der Waals surface area contributed by atoms with E-state index in [1.165, 1.54) is 0 Å². The number of H-pyrrole nitrogens is 2. The third kappa shape index (κ3) is 12.4. The van der Waals surface area contributed by atoms with Crippen LogP contribution in [-0.2, 0) is 23.0 Å². The minimum Gasteiger partial charge on any atom is -0.321 e. The van der Waals surface area contributed by atoms with Crippen LogP contribution in [-0.4, -0.2) is 79.7 Å². The molecule has 2 aliphatic rings. The van der Waals surface area contributed by atoms with Crippen LogP contribution in [0.1, 0.15) is 22.3 Å². The lowest BCUT2D eigenvalue weighted by atomic mass is 10.2. The number of fused-ring (bicyclic) bond motifs is 20. The highest BCUT2D eigenvalue weighted by Crippen LogP contribution is 2.45.